The number of fused-ring (bicyclic) bond motifs is 1. The molecule has 4 rings (SSSR count). The third-order valence-corrected chi connectivity index (χ3v) is 7.92. The number of para-hydroxylation sites is 1. The number of amides is 3. The van der Waals surface area contributed by atoms with Crippen molar-refractivity contribution in [1.29, 1.82) is 0 Å². The smallest absolute Gasteiger partial charge is 0.322 e. The van der Waals surface area contributed by atoms with Crippen LogP contribution < -0.4 is 10.2 Å². The number of carbonyl (C=O) groups is 2. The van der Waals surface area contributed by atoms with Crippen LogP contribution in [0.2, 0.25) is 0 Å². The summed E-state index contributed by atoms with van der Waals surface area (Å²) in [6.07, 6.45) is 2.64. The summed E-state index contributed by atoms with van der Waals surface area (Å²) in [6, 6.07) is 8.32. The summed E-state index contributed by atoms with van der Waals surface area (Å²) in [5, 5.41) is 3.97. The lowest BCUT2D eigenvalue weighted by molar-refractivity contribution is 0.0639. The highest BCUT2D eigenvalue weighted by Crippen LogP contribution is 2.31. The molecule has 3 heterocycles. The van der Waals surface area contributed by atoms with Crippen LogP contribution in [-0.4, -0.2) is 78.7 Å². The molecular weight excluding hydrogens is 450 g/mol. The minimum Gasteiger partial charge on any atom is -0.383 e. The zero-order chi connectivity index (χ0) is 24.2. The number of hydrogen-bond acceptors (Lipinski definition) is 6. The Morgan fingerprint density at radius 1 is 1.26 bits per heavy atom. The maximum atomic E-state index is 13.2. The van der Waals surface area contributed by atoms with Crippen molar-refractivity contribution in [1.82, 2.24) is 14.8 Å². The molecule has 9 heteroatoms. The van der Waals surface area contributed by atoms with Crippen molar-refractivity contribution < 1.29 is 14.3 Å². The molecule has 34 heavy (non-hydrogen) atoms. The van der Waals surface area contributed by atoms with E-state index in [9.17, 15) is 9.59 Å². The highest BCUT2D eigenvalue weighted by atomic mass is 32.1. The van der Waals surface area contributed by atoms with Gasteiger partial charge in [-0.1, -0.05) is 29.5 Å². The van der Waals surface area contributed by atoms with Gasteiger partial charge < -0.3 is 24.8 Å². The van der Waals surface area contributed by atoms with Crippen molar-refractivity contribution in [2.24, 2.45) is 0 Å². The summed E-state index contributed by atoms with van der Waals surface area (Å²) in [5.74, 6) is 0.0176. The van der Waals surface area contributed by atoms with E-state index >= 15 is 0 Å². The monoisotopic (exact) mass is 485 g/mol. The highest BCUT2D eigenvalue weighted by Gasteiger charge is 2.32. The Hall–Kier alpha value is -2.65. The van der Waals surface area contributed by atoms with Crippen molar-refractivity contribution in [3.05, 3.63) is 40.4 Å². The van der Waals surface area contributed by atoms with Crippen molar-refractivity contribution >= 4 is 34.1 Å². The van der Waals surface area contributed by atoms with Crippen LogP contribution in [0.1, 0.15) is 47.6 Å². The fourth-order valence-corrected chi connectivity index (χ4v) is 5.81. The van der Waals surface area contributed by atoms with Crippen molar-refractivity contribution in [3.63, 3.8) is 0 Å². The van der Waals surface area contributed by atoms with Gasteiger partial charge in [0.05, 0.1) is 12.3 Å². The van der Waals surface area contributed by atoms with Gasteiger partial charge in [0.25, 0.3) is 5.91 Å². The number of ether oxygens (including phenoxy) is 1. The quantitative estimate of drug-likeness (QED) is 0.641. The Bertz CT molecular complexity index is 1020. The number of hydrogen-bond donors (Lipinski definition) is 1. The van der Waals surface area contributed by atoms with Crippen LogP contribution in [0.25, 0.3) is 0 Å². The molecule has 8 nitrogen and oxygen atoms in total. The molecule has 0 saturated carbocycles. The van der Waals surface area contributed by atoms with E-state index in [-0.39, 0.29) is 24.0 Å². The van der Waals surface area contributed by atoms with Gasteiger partial charge in [-0.25, -0.2) is 9.78 Å². The summed E-state index contributed by atoms with van der Waals surface area (Å²) >= 11 is 1.48. The highest BCUT2D eigenvalue weighted by molar-refractivity contribution is 7.17. The maximum Gasteiger partial charge on any atom is 0.322 e. The number of aryl methyl sites for hydroxylation is 1. The number of thiazole rings is 1. The molecule has 1 N–H and O–H groups in total. The fraction of sp³-hybridized carbons (Fsp3) is 0.560. The van der Waals surface area contributed by atoms with Crippen molar-refractivity contribution in [2.45, 2.75) is 52.1 Å². The number of rotatable bonds is 7. The number of methoxy groups -OCH3 is 1. The molecule has 0 atom stereocenters. The molecule has 0 radical (unpaired) electrons. The number of nitrogens with one attached hydrogen (secondary N) is 1. The first-order chi connectivity index (χ1) is 16.4. The number of piperidine rings is 1. The molecule has 1 aromatic carbocycles. The van der Waals surface area contributed by atoms with Crippen LogP contribution >= 0.6 is 11.3 Å². The number of nitrogens with zero attached hydrogens (tertiary/aromatic N) is 4. The molecular formula is C25H35N5O3S. The summed E-state index contributed by atoms with van der Waals surface area (Å²) in [5.41, 5.74) is 2.89. The van der Waals surface area contributed by atoms with E-state index in [4.69, 9.17) is 9.72 Å². The van der Waals surface area contributed by atoms with Crippen LogP contribution in [0.5, 0.6) is 0 Å². The van der Waals surface area contributed by atoms with E-state index in [0.717, 1.165) is 55.4 Å². The van der Waals surface area contributed by atoms with Gasteiger partial charge in [-0.05, 0) is 51.7 Å². The second-order valence-electron chi connectivity index (χ2n) is 9.24. The first-order valence-electron chi connectivity index (χ1n) is 12.1. The first kappa shape index (κ1) is 24.5. The molecule has 0 spiro atoms. The summed E-state index contributed by atoms with van der Waals surface area (Å²) < 4.78 is 5.19. The number of carbonyl (C=O) groups excluding carboxylic acids is 2. The van der Waals surface area contributed by atoms with Gasteiger partial charge in [-0.15, -0.1) is 0 Å². The van der Waals surface area contributed by atoms with E-state index in [1.807, 2.05) is 48.8 Å². The van der Waals surface area contributed by atoms with E-state index in [1.165, 1.54) is 16.9 Å². The SMILES string of the molecule is COCCN(C(=O)c1sc(N2CCC(N3CCc4ccccc4NC3=O)CC2)nc1C)C(C)C. The van der Waals surface area contributed by atoms with E-state index in [0.29, 0.717) is 18.0 Å². The summed E-state index contributed by atoms with van der Waals surface area (Å²) in [6.45, 7) is 9.40. The second-order valence-corrected chi connectivity index (χ2v) is 10.2. The standard InChI is InChI=1S/C25H35N5O3S/c1-17(2)29(15-16-33-4)23(31)22-18(3)26-25(34-22)28-12-10-20(11-13-28)30-14-9-19-7-5-6-8-21(19)27-24(30)32/h5-8,17,20H,9-16H2,1-4H3,(H,27,32). The molecule has 1 saturated heterocycles. The van der Waals surface area contributed by atoms with Gasteiger partial charge in [0.15, 0.2) is 5.13 Å². The molecule has 2 aliphatic rings. The first-order valence-corrected chi connectivity index (χ1v) is 12.9. The predicted molar refractivity (Wildman–Crippen MR) is 136 cm³/mol. The summed E-state index contributed by atoms with van der Waals surface area (Å²) in [7, 11) is 1.65. The largest absolute Gasteiger partial charge is 0.383 e. The Morgan fingerprint density at radius 2 is 2.00 bits per heavy atom. The minimum atomic E-state index is -0.00814. The van der Waals surface area contributed by atoms with Gasteiger partial charge in [-0.3, -0.25) is 4.79 Å². The van der Waals surface area contributed by atoms with Gasteiger partial charge in [0.2, 0.25) is 0 Å². The Labute approximate surface area is 205 Å². The Kier molecular flexibility index (Phi) is 7.73. The van der Waals surface area contributed by atoms with Crippen LogP contribution in [0.15, 0.2) is 24.3 Å². The van der Waals surface area contributed by atoms with Gasteiger partial charge in [-0.2, -0.15) is 0 Å². The maximum absolute atomic E-state index is 13.2. The topological polar surface area (TPSA) is 78.0 Å². The minimum absolute atomic E-state index is 0.00814. The molecule has 3 amide bonds. The average molecular weight is 486 g/mol. The van der Waals surface area contributed by atoms with Gasteiger partial charge in [0.1, 0.15) is 4.88 Å². The molecule has 0 bridgehead atoms. The lowest BCUT2D eigenvalue weighted by Gasteiger charge is -2.37. The number of anilines is 2. The molecule has 184 valence electrons. The van der Waals surface area contributed by atoms with E-state index in [1.54, 1.807) is 7.11 Å². The lowest BCUT2D eigenvalue weighted by Crippen LogP contribution is -2.48. The van der Waals surface area contributed by atoms with Crippen LogP contribution in [-0.2, 0) is 11.2 Å². The third kappa shape index (κ3) is 5.20. The molecule has 0 unspecified atom stereocenters. The Balaban J connectivity index is 1.39. The van der Waals surface area contributed by atoms with Crippen LogP contribution in [0.4, 0.5) is 15.6 Å². The number of benzene rings is 1. The zero-order valence-electron chi connectivity index (χ0n) is 20.5. The number of aromatic nitrogens is 1. The normalized spacial score (nSPS) is 16.9. The van der Waals surface area contributed by atoms with E-state index in [2.05, 4.69) is 16.3 Å². The van der Waals surface area contributed by atoms with E-state index < -0.39 is 0 Å². The fourth-order valence-electron chi connectivity index (χ4n) is 4.74. The second kappa shape index (κ2) is 10.7. The molecule has 1 fully saturated rings. The molecule has 1 aromatic heterocycles. The number of urea groups is 1. The lowest BCUT2D eigenvalue weighted by atomic mass is 10.0. The third-order valence-electron chi connectivity index (χ3n) is 6.72. The van der Waals surface area contributed by atoms with Crippen molar-refractivity contribution in [2.75, 3.05) is 50.1 Å². The van der Waals surface area contributed by atoms with Gasteiger partial charge >= 0.3 is 6.03 Å². The molecule has 2 aromatic rings. The van der Waals surface area contributed by atoms with Crippen LogP contribution in [0, 0.1) is 6.92 Å². The summed E-state index contributed by atoms with van der Waals surface area (Å²) in [4.78, 5) is 37.6. The Morgan fingerprint density at radius 3 is 2.71 bits per heavy atom. The molecule has 2 aliphatic heterocycles. The average Bonchev–Trinajstić information content (AvgIpc) is 3.13. The molecule has 0 aliphatic carbocycles. The van der Waals surface area contributed by atoms with Crippen LogP contribution in [0.3, 0.4) is 0 Å². The van der Waals surface area contributed by atoms with Gasteiger partial charge in [0, 0.05) is 51.1 Å². The van der Waals surface area contributed by atoms with Crippen molar-refractivity contribution in [3.8, 4) is 0 Å². The zero-order valence-corrected chi connectivity index (χ0v) is 21.4. The predicted octanol–water partition coefficient (Wildman–Crippen LogP) is 4.01.